The number of anilines is 1. The van der Waals surface area contributed by atoms with E-state index in [1.165, 1.54) is 11.1 Å². The maximum Gasteiger partial charge on any atom is 0.124 e. The summed E-state index contributed by atoms with van der Waals surface area (Å²) in [5.41, 5.74) is 3.58. The molecule has 1 atom stereocenters. The second-order valence-corrected chi connectivity index (χ2v) is 4.90. The van der Waals surface area contributed by atoms with E-state index in [2.05, 4.69) is 43.3 Å². The zero-order chi connectivity index (χ0) is 13.7. The molecule has 2 heteroatoms. The number of benzene rings is 2. The van der Waals surface area contributed by atoms with Gasteiger partial charge in [0.2, 0.25) is 0 Å². The Labute approximate surface area is 115 Å². The van der Waals surface area contributed by atoms with Crippen LogP contribution in [0.1, 0.15) is 18.1 Å². The number of rotatable bonds is 5. The van der Waals surface area contributed by atoms with Gasteiger partial charge in [-0.1, -0.05) is 42.5 Å². The summed E-state index contributed by atoms with van der Waals surface area (Å²) in [6, 6.07) is 18.6. The van der Waals surface area contributed by atoms with E-state index < -0.39 is 6.23 Å². The predicted molar refractivity (Wildman–Crippen MR) is 80.4 cm³/mol. The molecular formula is C17H21NO. The second kappa shape index (κ2) is 6.39. The minimum Gasteiger partial charge on any atom is -0.374 e. The van der Waals surface area contributed by atoms with E-state index in [-0.39, 0.29) is 0 Å². The molecule has 0 radical (unpaired) electrons. The largest absolute Gasteiger partial charge is 0.374 e. The summed E-state index contributed by atoms with van der Waals surface area (Å²) in [5.74, 6) is 0. The molecule has 0 aromatic heterocycles. The van der Waals surface area contributed by atoms with Crippen molar-refractivity contribution in [2.75, 3.05) is 11.4 Å². The summed E-state index contributed by atoms with van der Waals surface area (Å²) in [7, 11) is 0. The van der Waals surface area contributed by atoms with E-state index in [9.17, 15) is 5.11 Å². The van der Waals surface area contributed by atoms with Gasteiger partial charge in [-0.15, -0.1) is 0 Å². The molecule has 2 rings (SSSR count). The minimum absolute atomic E-state index is 0.481. The van der Waals surface area contributed by atoms with E-state index in [1.807, 2.05) is 30.0 Å². The second-order valence-electron chi connectivity index (χ2n) is 4.90. The van der Waals surface area contributed by atoms with Gasteiger partial charge in [-0.05, 0) is 43.5 Å². The maximum atomic E-state index is 9.96. The monoisotopic (exact) mass is 255 g/mol. The Kier molecular flexibility index (Phi) is 4.58. The molecule has 0 saturated heterocycles. The zero-order valence-electron chi connectivity index (χ0n) is 11.6. The molecule has 2 aromatic rings. The van der Waals surface area contributed by atoms with Crippen molar-refractivity contribution in [2.24, 2.45) is 0 Å². The van der Waals surface area contributed by atoms with E-state index in [1.54, 1.807) is 0 Å². The molecule has 0 bridgehead atoms. The van der Waals surface area contributed by atoms with Gasteiger partial charge in [-0.3, -0.25) is 0 Å². The van der Waals surface area contributed by atoms with Gasteiger partial charge >= 0.3 is 0 Å². The molecule has 2 nitrogen and oxygen atoms in total. The van der Waals surface area contributed by atoms with Crippen LogP contribution in [0.2, 0.25) is 0 Å². The highest BCUT2D eigenvalue weighted by molar-refractivity contribution is 5.48. The van der Waals surface area contributed by atoms with Crippen LogP contribution >= 0.6 is 0 Å². The maximum absolute atomic E-state index is 9.96. The van der Waals surface area contributed by atoms with Gasteiger partial charge in [0, 0.05) is 12.2 Å². The Morgan fingerprint density at radius 1 is 1.05 bits per heavy atom. The highest BCUT2D eigenvalue weighted by Gasteiger charge is 2.11. The van der Waals surface area contributed by atoms with Crippen LogP contribution in [0.5, 0.6) is 0 Å². The van der Waals surface area contributed by atoms with Crippen LogP contribution in [0, 0.1) is 6.92 Å². The molecule has 0 heterocycles. The van der Waals surface area contributed by atoms with Gasteiger partial charge in [0.25, 0.3) is 0 Å². The SMILES string of the molecule is Cc1cccc(N(CCc2ccccc2)C(C)O)c1. The molecular weight excluding hydrogens is 234 g/mol. The lowest BCUT2D eigenvalue weighted by atomic mass is 10.1. The average Bonchev–Trinajstić information content (AvgIpc) is 2.40. The lowest BCUT2D eigenvalue weighted by Crippen LogP contribution is -2.34. The van der Waals surface area contributed by atoms with Crippen LogP contribution in [0.15, 0.2) is 54.6 Å². The zero-order valence-corrected chi connectivity index (χ0v) is 11.6. The molecule has 1 N–H and O–H groups in total. The van der Waals surface area contributed by atoms with E-state index in [4.69, 9.17) is 0 Å². The first-order chi connectivity index (χ1) is 9.16. The molecule has 0 aliphatic heterocycles. The van der Waals surface area contributed by atoms with Crippen LogP contribution in [0.3, 0.4) is 0 Å². The normalized spacial score (nSPS) is 12.2. The van der Waals surface area contributed by atoms with Crippen molar-refractivity contribution in [1.82, 2.24) is 0 Å². The van der Waals surface area contributed by atoms with Gasteiger partial charge in [0.05, 0.1) is 0 Å². The highest BCUT2D eigenvalue weighted by Crippen LogP contribution is 2.18. The van der Waals surface area contributed by atoms with Crippen molar-refractivity contribution >= 4 is 5.69 Å². The highest BCUT2D eigenvalue weighted by atomic mass is 16.3. The first-order valence-electron chi connectivity index (χ1n) is 6.72. The van der Waals surface area contributed by atoms with Crippen molar-refractivity contribution in [3.05, 3.63) is 65.7 Å². The Morgan fingerprint density at radius 2 is 1.79 bits per heavy atom. The number of aliphatic hydroxyl groups excluding tert-OH is 1. The summed E-state index contributed by atoms with van der Waals surface area (Å²) < 4.78 is 0. The van der Waals surface area contributed by atoms with Gasteiger partial charge in [0.1, 0.15) is 6.23 Å². The summed E-state index contributed by atoms with van der Waals surface area (Å²) >= 11 is 0. The Bertz CT molecular complexity index is 508. The fourth-order valence-electron chi connectivity index (χ4n) is 2.23. The quantitative estimate of drug-likeness (QED) is 0.828. The van der Waals surface area contributed by atoms with Crippen molar-refractivity contribution in [2.45, 2.75) is 26.5 Å². The summed E-state index contributed by atoms with van der Waals surface area (Å²) in [6.07, 6.45) is 0.449. The van der Waals surface area contributed by atoms with Crippen molar-refractivity contribution in [1.29, 1.82) is 0 Å². The summed E-state index contributed by atoms with van der Waals surface area (Å²) in [4.78, 5) is 2.03. The third kappa shape index (κ3) is 3.83. The number of aryl methyl sites for hydroxylation is 1. The summed E-state index contributed by atoms with van der Waals surface area (Å²) in [5, 5.41) is 9.96. The standard InChI is InChI=1S/C17H21NO/c1-14-7-6-10-17(13-14)18(15(2)19)12-11-16-8-4-3-5-9-16/h3-10,13,15,19H,11-12H2,1-2H3. The molecule has 2 aromatic carbocycles. The molecule has 100 valence electrons. The Morgan fingerprint density at radius 3 is 2.42 bits per heavy atom. The van der Waals surface area contributed by atoms with Gasteiger partial charge < -0.3 is 10.0 Å². The Hall–Kier alpha value is -1.80. The third-order valence-electron chi connectivity index (χ3n) is 3.27. The molecule has 0 amide bonds. The molecule has 0 aliphatic rings. The van der Waals surface area contributed by atoms with Crippen molar-refractivity contribution in [3.63, 3.8) is 0 Å². The van der Waals surface area contributed by atoms with Crippen LogP contribution < -0.4 is 4.90 Å². The van der Waals surface area contributed by atoms with Crippen LogP contribution in [0.25, 0.3) is 0 Å². The molecule has 0 spiro atoms. The fraction of sp³-hybridized carbons (Fsp3) is 0.294. The molecule has 0 saturated carbocycles. The molecule has 1 unspecified atom stereocenters. The smallest absolute Gasteiger partial charge is 0.124 e. The molecule has 0 aliphatic carbocycles. The van der Waals surface area contributed by atoms with Gasteiger partial charge in [-0.2, -0.15) is 0 Å². The third-order valence-corrected chi connectivity index (χ3v) is 3.27. The number of aliphatic hydroxyl groups is 1. The van der Waals surface area contributed by atoms with Gasteiger partial charge in [-0.25, -0.2) is 0 Å². The summed E-state index contributed by atoms with van der Waals surface area (Å²) in [6.45, 7) is 4.69. The fourth-order valence-corrected chi connectivity index (χ4v) is 2.23. The van der Waals surface area contributed by atoms with Crippen LogP contribution in [0.4, 0.5) is 5.69 Å². The van der Waals surface area contributed by atoms with Crippen LogP contribution in [-0.4, -0.2) is 17.9 Å². The Balaban J connectivity index is 2.09. The van der Waals surface area contributed by atoms with E-state index in [0.717, 1.165) is 18.7 Å². The lowest BCUT2D eigenvalue weighted by molar-refractivity contribution is 0.188. The van der Waals surface area contributed by atoms with Crippen molar-refractivity contribution < 1.29 is 5.11 Å². The van der Waals surface area contributed by atoms with E-state index >= 15 is 0 Å². The number of nitrogens with zero attached hydrogens (tertiary/aromatic N) is 1. The predicted octanol–water partition coefficient (Wildman–Crippen LogP) is 3.38. The average molecular weight is 255 g/mol. The molecule has 19 heavy (non-hydrogen) atoms. The lowest BCUT2D eigenvalue weighted by Gasteiger charge is -2.28. The number of hydrogen-bond donors (Lipinski definition) is 1. The van der Waals surface area contributed by atoms with E-state index in [0.29, 0.717) is 0 Å². The topological polar surface area (TPSA) is 23.5 Å². The first-order valence-corrected chi connectivity index (χ1v) is 6.72. The van der Waals surface area contributed by atoms with Crippen molar-refractivity contribution in [3.8, 4) is 0 Å². The van der Waals surface area contributed by atoms with Crippen LogP contribution in [-0.2, 0) is 6.42 Å². The molecule has 0 fully saturated rings. The number of hydrogen-bond acceptors (Lipinski definition) is 2. The minimum atomic E-state index is -0.481. The van der Waals surface area contributed by atoms with Gasteiger partial charge in [0.15, 0.2) is 0 Å². The first kappa shape index (κ1) is 13.6.